The molecular weight excluding hydrogens is 418 g/mol. The highest BCUT2D eigenvalue weighted by molar-refractivity contribution is 7.99. The van der Waals surface area contributed by atoms with Crippen LogP contribution in [0, 0.1) is 0 Å². The van der Waals surface area contributed by atoms with Crippen molar-refractivity contribution in [3.05, 3.63) is 54.1 Å². The van der Waals surface area contributed by atoms with Gasteiger partial charge in [-0.2, -0.15) is 0 Å². The van der Waals surface area contributed by atoms with Gasteiger partial charge in [0, 0.05) is 23.6 Å². The number of thioether (sulfide) groups is 1. The predicted molar refractivity (Wildman–Crippen MR) is 131 cm³/mol. The molecular formula is C26H33N3O2S. The molecule has 0 radical (unpaired) electrons. The minimum Gasteiger partial charge on any atom is -0.494 e. The van der Waals surface area contributed by atoms with E-state index in [9.17, 15) is 0 Å². The molecule has 6 heteroatoms. The van der Waals surface area contributed by atoms with Gasteiger partial charge in [0.15, 0.2) is 11.0 Å². The first-order chi connectivity index (χ1) is 15.5. The second-order valence-electron chi connectivity index (χ2n) is 9.20. The van der Waals surface area contributed by atoms with E-state index >= 15 is 0 Å². The third kappa shape index (κ3) is 5.36. The van der Waals surface area contributed by atoms with E-state index < -0.39 is 0 Å². The molecule has 5 nitrogen and oxygen atoms in total. The van der Waals surface area contributed by atoms with Crippen molar-refractivity contribution in [2.75, 3.05) is 19.0 Å². The van der Waals surface area contributed by atoms with Crippen molar-refractivity contribution in [2.45, 2.75) is 63.6 Å². The Hall–Kier alpha value is -2.31. The van der Waals surface area contributed by atoms with Gasteiger partial charge in [-0.1, -0.05) is 56.8 Å². The fourth-order valence-corrected chi connectivity index (χ4v) is 4.88. The fourth-order valence-electron chi connectivity index (χ4n) is 3.87. The molecule has 0 spiro atoms. The average molecular weight is 452 g/mol. The lowest BCUT2D eigenvalue weighted by atomic mass is 9.87. The quantitative estimate of drug-likeness (QED) is 0.395. The molecule has 1 aromatic heterocycles. The molecule has 0 amide bonds. The number of ether oxygens (including phenoxy) is 2. The summed E-state index contributed by atoms with van der Waals surface area (Å²) < 4.78 is 13.7. The Balaban J connectivity index is 1.67. The van der Waals surface area contributed by atoms with Gasteiger partial charge in [0.2, 0.25) is 0 Å². The van der Waals surface area contributed by atoms with Gasteiger partial charge in [-0.3, -0.25) is 4.57 Å². The lowest BCUT2D eigenvalue weighted by Gasteiger charge is -2.22. The Labute approximate surface area is 195 Å². The number of hydrogen-bond acceptors (Lipinski definition) is 5. The number of rotatable bonds is 7. The Kier molecular flexibility index (Phi) is 7.21. The van der Waals surface area contributed by atoms with Crippen LogP contribution in [0.3, 0.4) is 0 Å². The van der Waals surface area contributed by atoms with Crippen LogP contribution in [0.25, 0.3) is 17.1 Å². The van der Waals surface area contributed by atoms with E-state index in [2.05, 4.69) is 71.9 Å². The summed E-state index contributed by atoms with van der Waals surface area (Å²) in [6.07, 6.45) is 3.81. The van der Waals surface area contributed by atoms with Crippen molar-refractivity contribution in [2.24, 2.45) is 0 Å². The summed E-state index contributed by atoms with van der Waals surface area (Å²) in [6.45, 7) is 10.2. The molecule has 2 aromatic carbocycles. The Morgan fingerprint density at radius 3 is 2.41 bits per heavy atom. The summed E-state index contributed by atoms with van der Waals surface area (Å²) in [6, 6.07) is 16.8. The Bertz CT molecular complexity index is 1000. The minimum atomic E-state index is 0.113. The molecule has 1 fully saturated rings. The van der Waals surface area contributed by atoms with Crippen molar-refractivity contribution in [3.8, 4) is 22.8 Å². The first-order valence-corrected chi connectivity index (χ1v) is 12.5. The smallest absolute Gasteiger partial charge is 0.196 e. The molecule has 1 aliphatic heterocycles. The van der Waals surface area contributed by atoms with Crippen molar-refractivity contribution in [1.29, 1.82) is 0 Å². The predicted octanol–water partition coefficient (Wildman–Crippen LogP) is 6.29. The largest absolute Gasteiger partial charge is 0.494 e. The first kappa shape index (κ1) is 22.9. The summed E-state index contributed by atoms with van der Waals surface area (Å²) in [5, 5.41) is 10.1. The summed E-state index contributed by atoms with van der Waals surface area (Å²) >= 11 is 1.72. The maximum absolute atomic E-state index is 5.93. The lowest BCUT2D eigenvalue weighted by Crippen LogP contribution is -2.21. The van der Waals surface area contributed by atoms with E-state index in [0.717, 1.165) is 53.2 Å². The van der Waals surface area contributed by atoms with Gasteiger partial charge >= 0.3 is 0 Å². The van der Waals surface area contributed by atoms with Gasteiger partial charge in [-0.25, -0.2) is 0 Å². The standard InChI is InChI=1S/C26H33N3O2S/c1-5-30-22-15-13-21(14-16-22)29-24(19-9-11-20(12-10-19)26(2,3)4)27-28-25(29)32-18-23-8-6-7-17-31-23/h9-16,23H,5-8,17-18H2,1-4H3/t23-/m0/s1. The lowest BCUT2D eigenvalue weighted by molar-refractivity contribution is 0.0315. The van der Waals surface area contributed by atoms with E-state index in [1.165, 1.54) is 12.0 Å². The van der Waals surface area contributed by atoms with Crippen LogP contribution in [0.2, 0.25) is 0 Å². The molecule has 4 rings (SSSR count). The summed E-state index contributed by atoms with van der Waals surface area (Å²) in [5.41, 5.74) is 3.50. The summed E-state index contributed by atoms with van der Waals surface area (Å²) in [4.78, 5) is 0. The van der Waals surface area contributed by atoms with Crippen LogP contribution in [0.5, 0.6) is 5.75 Å². The van der Waals surface area contributed by atoms with Crippen LogP contribution in [0.4, 0.5) is 0 Å². The summed E-state index contributed by atoms with van der Waals surface area (Å²) in [7, 11) is 0. The number of aromatic nitrogens is 3. The zero-order chi connectivity index (χ0) is 22.6. The highest BCUT2D eigenvalue weighted by Gasteiger charge is 2.21. The number of hydrogen-bond donors (Lipinski definition) is 0. The van der Waals surface area contributed by atoms with E-state index in [4.69, 9.17) is 9.47 Å². The van der Waals surface area contributed by atoms with Crippen LogP contribution >= 0.6 is 11.8 Å². The molecule has 1 saturated heterocycles. The molecule has 0 bridgehead atoms. The third-order valence-corrected chi connectivity index (χ3v) is 6.78. The molecule has 2 heterocycles. The molecule has 0 aliphatic carbocycles. The number of benzene rings is 2. The van der Waals surface area contributed by atoms with Gasteiger partial charge in [0.05, 0.1) is 12.7 Å². The Morgan fingerprint density at radius 1 is 1.03 bits per heavy atom. The van der Waals surface area contributed by atoms with E-state index in [0.29, 0.717) is 6.61 Å². The molecule has 0 unspecified atom stereocenters. The number of nitrogens with zero attached hydrogens (tertiary/aromatic N) is 3. The Morgan fingerprint density at radius 2 is 1.78 bits per heavy atom. The van der Waals surface area contributed by atoms with Gasteiger partial charge in [-0.15, -0.1) is 10.2 Å². The molecule has 170 valence electrons. The second-order valence-corrected chi connectivity index (χ2v) is 10.2. The van der Waals surface area contributed by atoms with Crippen LogP contribution in [-0.2, 0) is 10.2 Å². The van der Waals surface area contributed by atoms with E-state index in [-0.39, 0.29) is 11.5 Å². The van der Waals surface area contributed by atoms with Crippen LogP contribution < -0.4 is 4.74 Å². The fraction of sp³-hybridized carbons (Fsp3) is 0.462. The molecule has 3 aromatic rings. The highest BCUT2D eigenvalue weighted by Crippen LogP contribution is 2.32. The van der Waals surface area contributed by atoms with Crippen LogP contribution in [0.1, 0.15) is 52.5 Å². The van der Waals surface area contributed by atoms with Crippen molar-refractivity contribution in [3.63, 3.8) is 0 Å². The van der Waals surface area contributed by atoms with Gasteiger partial charge in [0.25, 0.3) is 0 Å². The van der Waals surface area contributed by atoms with Crippen molar-refractivity contribution >= 4 is 11.8 Å². The van der Waals surface area contributed by atoms with Crippen molar-refractivity contribution in [1.82, 2.24) is 14.8 Å². The maximum atomic E-state index is 5.93. The topological polar surface area (TPSA) is 49.2 Å². The van der Waals surface area contributed by atoms with Crippen molar-refractivity contribution < 1.29 is 9.47 Å². The first-order valence-electron chi connectivity index (χ1n) is 11.5. The summed E-state index contributed by atoms with van der Waals surface area (Å²) in [5.74, 6) is 2.60. The molecule has 1 atom stereocenters. The molecule has 0 saturated carbocycles. The molecule has 32 heavy (non-hydrogen) atoms. The van der Waals surface area contributed by atoms with Crippen LogP contribution in [-0.4, -0.2) is 39.8 Å². The molecule has 1 aliphatic rings. The van der Waals surface area contributed by atoms with Gasteiger partial charge in [-0.05, 0) is 61.4 Å². The SMILES string of the molecule is CCOc1ccc(-n2c(SC[C@@H]3CCCCO3)nnc2-c2ccc(C(C)(C)C)cc2)cc1. The zero-order valence-electron chi connectivity index (χ0n) is 19.5. The normalized spacial score (nSPS) is 16.8. The average Bonchev–Trinajstić information content (AvgIpc) is 3.22. The molecule has 0 N–H and O–H groups in total. The monoisotopic (exact) mass is 451 g/mol. The van der Waals surface area contributed by atoms with E-state index in [1.54, 1.807) is 11.8 Å². The maximum Gasteiger partial charge on any atom is 0.196 e. The van der Waals surface area contributed by atoms with E-state index in [1.807, 2.05) is 19.1 Å². The second kappa shape index (κ2) is 10.1. The van der Waals surface area contributed by atoms with Crippen LogP contribution in [0.15, 0.2) is 53.7 Å². The van der Waals surface area contributed by atoms with Gasteiger partial charge in [0.1, 0.15) is 5.75 Å². The minimum absolute atomic E-state index is 0.113. The zero-order valence-corrected chi connectivity index (χ0v) is 20.3. The third-order valence-electron chi connectivity index (χ3n) is 5.72. The highest BCUT2D eigenvalue weighted by atomic mass is 32.2. The van der Waals surface area contributed by atoms with Gasteiger partial charge < -0.3 is 9.47 Å².